The van der Waals surface area contributed by atoms with Crippen LogP contribution in [0, 0.1) is 0 Å². The van der Waals surface area contributed by atoms with Crippen LogP contribution in [0.5, 0.6) is 0 Å². The number of rotatable bonds is 5. The third kappa shape index (κ3) is 6.75. The molecule has 1 N–H and O–H groups in total. The fourth-order valence-electron chi connectivity index (χ4n) is 2.03. The van der Waals surface area contributed by atoms with Crippen LogP contribution in [-0.2, 0) is 14.3 Å². The highest BCUT2D eigenvalue weighted by Gasteiger charge is 2.27. The predicted molar refractivity (Wildman–Crippen MR) is 73.7 cm³/mol. The van der Waals surface area contributed by atoms with E-state index in [1.54, 1.807) is 4.90 Å². The summed E-state index contributed by atoms with van der Waals surface area (Å²) >= 11 is 0. The summed E-state index contributed by atoms with van der Waals surface area (Å²) in [5.74, 6) is -0.773. The first kappa shape index (κ1) is 16.8. The van der Waals surface area contributed by atoms with Crippen LogP contribution in [0.2, 0.25) is 0 Å². The number of amides is 1. The molecule has 20 heavy (non-hydrogen) atoms. The molecule has 1 rings (SSSR count). The van der Waals surface area contributed by atoms with Gasteiger partial charge in [-0.25, -0.2) is 4.79 Å². The molecule has 0 saturated carbocycles. The summed E-state index contributed by atoms with van der Waals surface area (Å²) < 4.78 is 10.9. The Morgan fingerprint density at radius 3 is 2.65 bits per heavy atom. The van der Waals surface area contributed by atoms with Crippen molar-refractivity contribution >= 4 is 12.1 Å². The van der Waals surface area contributed by atoms with E-state index in [1.807, 2.05) is 20.8 Å². The van der Waals surface area contributed by atoms with Crippen LogP contribution < -0.4 is 0 Å². The number of hydrogen-bond acceptors (Lipinski definition) is 4. The first-order chi connectivity index (χ1) is 9.28. The molecule has 1 saturated heterocycles. The molecule has 6 nitrogen and oxygen atoms in total. The number of unbranched alkanes of at least 4 members (excludes halogenated alkanes) is 1. The molecule has 1 aliphatic heterocycles. The second kappa shape index (κ2) is 7.47. The van der Waals surface area contributed by atoms with Crippen molar-refractivity contribution in [1.29, 1.82) is 0 Å². The number of aliphatic carboxylic acids is 1. The number of carbonyl (C=O) groups is 2. The van der Waals surface area contributed by atoms with E-state index >= 15 is 0 Å². The number of carbonyl (C=O) groups excluding carboxylic acids is 1. The van der Waals surface area contributed by atoms with Gasteiger partial charge in [0.05, 0.1) is 19.3 Å². The van der Waals surface area contributed by atoms with E-state index < -0.39 is 11.6 Å². The van der Waals surface area contributed by atoms with Crippen LogP contribution in [0.1, 0.15) is 46.5 Å². The van der Waals surface area contributed by atoms with E-state index in [0.717, 1.165) is 12.8 Å². The van der Waals surface area contributed by atoms with Crippen molar-refractivity contribution in [1.82, 2.24) is 4.90 Å². The van der Waals surface area contributed by atoms with Crippen molar-refractivity contribution < 1.29 is 24.2 Å². The number of carboxylic acids is 1. The van der Waals surface area contributed by atoms with Gasteiger partial charge < -0.3 is 19.5 Å². The Kier molecular flexibility index (Phi) is 6.26. The molecule has 1 heterocycles. The van der Waals surface area contributed by atoms with Gasteiger partial charge in [-0.3, -0.25) is 4.79 Å². The van der Waals surface area contributed by atoms with Gasteiger partial charge in [-0.05, 0) is 33.6 Å². The average molecular weight is 287 g/mol. The van der Waals surface area contributed by atoms with Gasteiger partial charge in [0.1, 0.15) is 5.60 Å². The maximum atomic E-state index is 11.9. The molecule has 116 valence electrons. The summed E-state index contributed by atoms with van der Waals surface area (Å²) in [6, 6.07) is 0. The molecule has 1 fully saturated rings. The Balaban J connectivity index is 2.31. The number of nitrogens with zero attached hydrogens (tertiary/aromatic N) is 1. The molecular formula is C14H25NO5. The molecule has 1 unspecified atom stereocenters. The van der Waals surface area contributed by atoms with Crippen LogP contribution >= 0.6 is 0 Å². The Labute approximate surface area is 120 Å². The van der Waals surface area contributed by atoms with E-state index in [-0.39, 0.29) is 18.6 Å². The zero-order chi connectivity index (χ0) is 15.2. The topological polar surface area (TPSA) is 76.1 Å². The van der Waals surface area contributed by atoms with Gasteiger partial charge in [0.25, 0.3) is 0 Å². The third-order valence-electron chi connectivity index (χ3n) is 2.96. The second-order valence-electron chi connectivity index (χ2n) is 6.06. The summed E-state index contributed by atoms with van der Waals surface area (Å²) in [4.78, 5) is 24.0. The maximum Gasteiger partial charge on any atom is 0.410 e. The maximum absolute atomic E-state index is 11.9. The normalized spacial score (nSPS) is 19.8. The Bertz CT molecular complexity index is 337. The monoisotopic (exact) mass is 287 g/mol. The van der Waals surface area contributed by atoms with Gasteiger partial charge in [-0.15, -0.1) is 0 Å². The van der Waals surface area contributed by atoms with Crippen LogP contribution in [0.25, 0.3) is 0 Å². The molecule has 0 aliphatic carbocycles. The highest BCUT2D eigenvalue weighted by Crippen LogP contribution is 2.16. The van der Waals surface area contributed by atoms with Crippen molar-refractivity contribution in [3.63, 3.8) is 0 Å². The summed E-state index contributed by atoms with van der Waals surface area (Å²) in [5.41, 5.74) is -0.494. The van der Waals surface area contributed by atoms with Gasteiger partial charge in [-0.1, -0.05) is 6.42 Å². The number of hydrogen-bond donors (Lipinski definition) is 1. The number of carboxylic acid groups (broad SMARTS) is 1. The standard InChI is InChI=1S/C14H25NO5/c1-14(2,3)20-13(18)15-8-9-19-11(10-15)6-4-5-7-12(16)17/h11H,4-10H2,1-3H3,(H,16,17). The van der Waals surface area contributed by atoms with Gasteiger partial charge in [0, 0.05) is 13.0 Å². The van der Waals surface area contributed by atoms with E-state index in [2.05, 4.69) is 0 Å². The molecule has 0 spiro atoms. The molecular weight excluding hydrogens is 262 g/mol. The minimum Gasteiger partial charge on any atom is -0.481 e. The molecule has 1 amide bonds. The lowest BCUT2D eigenvalue weighted by Gasteiger charge is -2.34. The molecule has 1 aliphatic rings. The summed E-state index contributed by atoms with van der Waals surface area (Å²) in [5, 5.41) is 8.57. The van der Waals surface area contributed by atoms with Crippen LogP contribution in [-0.4, -0.2) is 53.5 Å². The summed E-state index contributed by atoms with van der Waals surface area (Å²) in [7, 11) is 0. The predicted octanol–water partition coefficient (Wildman–Crippen LogP) is 2.27. The van der Waals surface area contributed by atoms with Crippen molar-refractivity contribution in [2.75, 3.05) is 19.7 Å². The number of morpholine rings is 1. The second-order valence-corrected chi connectivity index (χ2v) is 6.06. The molecule has 6 heteroatoms. The molecule has 0 aromatic rings. The van der Waals surface area contributed by atoms with E-state index in [1.165, 1.54) is 0 Å². The van der Waals surface area contributed by atoms with E-state index in [4.69, 9.17) is 14.6 Å². The van der Waals surface area contributed by atoms with Crippen LogP contribution in [0.3, 0.4) is 0 Å². The molecule has 0 radical (unpaired) electrons. The number of ether oxygens (including phenoxy) is 2. The van der Waals surface area contributed by atoms with Crippen molar-refractivity contribution in [2.45, 2.75) is 58.2 Å². The quantitative estimate of drug-likeness (QED) is 0.785. The summed E-state index contributed by atoms with van der Waals surface area (Å²) in [6.07, 6.45) is 2.05. The molecule has 0 aromatic heterocycles. The van der Waals surface area contributed by atoms with Gasteiger partial charge >= 0.3 is 12.1 Å². The zero-order valence-electron chi connectivity index (χ0n) is 12.6. The van der Waals surface area contributed by atoms with Gasteiger partial charge in [-0.2, -0.15) is 0 Å². The zero-order valence-corrected chi connectivity index (χ0v) is 12.6. The lowest BCUT2D eigenvalue weighted by Crippen LogP contribution is -2.47. The minimum atomic E-state index is -0.773. The fourth-order valence-corrected chi connectivity index (χ4v) is 2.03. The Morgan fingerprint density at radius 1 is 1.35 bits per heavy atom. The smallest absolute Gasteiger partial charge is 0.410 e. The lowest BCUT2D eigenvalue weighted by atomic mass is 10.1. The highest BCUT2D eigenvalue weighted by molar-refractivity contribution is 5.68. The largest absolute Gasteiger partial charge is 0.481 e. The first-order valence-electron chi connectivity index (χ1n) is 7.09. The average Bonchev–Trinajstić information content (AvgIpc) is 2.33. The van der Waals surface area contributed by atoms with Crippen molar-refractivity contribution in [2.24, 2.45) is 0 Å². The van der Waals surface area contributed by atoms with Crippen LogP contribution in [0.4, 0.5) is 4.79 Å². The fraction of sp³-hybridized carbons (Fsp3) is 0.857. The molecule has 0 aromatic carbocycles. The van der Waals surface area contributed by atoms with Crippen LogP contribution in [0.15, 0.2) is 0 Å². The lowest BCUT2D eigenvalue weighted by molar-refractivity contribution is -0.137. The molecule has 1 atom stereocenters. The highest BCUT2D eigenvalue weighted by atomic mass is 16.6. The van der Waals surface area contributed by atoms with Crippen molar-refractivity contribution in [3.8, 4) is 0 Å². The molecule has 0 bridgehead atoms. The van der Waals surface area contributed by atoms with Gasteiger partial charge in [0.2, 0.25) is 0 Å². The van der Waals surface area contributed by atoms with Crippen molar-refractivity contribution in [3.05, 3.63) is 0 Å². The van der Waals surface area contributed by atoms with E-state index in [0.29, 0.717) is 26.1 Å². The Hall–Kier alpha value is -1.30. The SMILES string of the molecule is CC(C)(C)OC(=O)N1CCOC(CCCCC(=O)O)C1. The minimum absolute atomic E-state index is 0.0231. The summed E-state index contributed by atoms with van der Waals surface area (Å²) in [6.45, 7) is 7.09. The Morgan fingerprint density at radius 2 is 2.05 bits per heavy atom. The van der Waals surface area contributed by atoms with Gasteiger partial charge in [0.15, 0.2) is 0 Å². The van der Waals surface area contributed by atoms with E-state index in [9.17, 15) is 9.59 Å². The third-order valence-corrected chi connectivity index (χ3v) is 2.96. The first-order valence-corrected chi connectivity index (χ1v) is 7.09.